The van der Waals surface area contributed by atoms with Crippen LogP contribution in [0.15, 0.2) is 34.6 Å². The highest BCUT2D eigenvalue weighted by Gasteiger charge is 2.01. The molecule has 0 fully saturated rings. The lowest BCUT2D eigenvalue weighted by Gasteiger charge is -2.12. The second-order valence-corrected chi connectivity index (χ2v) is 6.48. The second-order valence-electron chi connectivity index (χ2n) is 5.54. The van der Waals surface area contributed by atoms with Gasteiger partial charge in [-0.2, -0.15) is 0 Å². The summed E-state index contributed by atoms with van der Waals surface area (Å²) in [7, 11) is 3.47. The molecule has 25 heavy (non-hydrogen) atoms. The molecule has 0 saturated heterocycles. The van der Waals surface area contributed by atoms with Crippen molar-refractivity contribution in [3.8, 4) is 5.75 Å². The van der Waals surface area contributed by atoms with Gasteiger partial charge in [0.25, 0.3) is 0 Å². The summed E-state index contributed by atoms with van der Waals surface area (Å²) in [5, 5.41) is 10.0. The summed E-state index contributed by atoms with van der Waals surface area (Å²) in [6.45, 7) is 3.69. The Bertz CT molecular complexity index is 643. The molecule has 7 heteroatoms. The predicted molar refractivity (Wildman–Crippen MR) is 116 cm³/mol. The number of nitrogens with one attached hydrogen (secondary N) is 2. The Morgan fingerprint density at radius 1 is 1.20 bits per heavy atom. The summed E-state index contributed by atoms with van der Waals surface area (Å²) >= 11 is 1.75. The molecule has 0 bridgehead atoms. The number of hydrogen-bond donors (Lipinski definition) is 2. The molecule has 0 radical (unpaired) electrons. The van der Waals surface area contributed by atoms with Gasteiger partial charge in [0.1, 0.15) is 5.75 Å². The fourth-order valence-corrected chi connectivity index (χ4v) is 3.09. The molecular weight excluding hydrogens is 447 g/mol. The molecule has 0 spiro atoms. The number of thiazole rings is 1. The Balaban J connectivity index is 0.00000312. The van der Waals surface area contributed by atoms with Crippen molar-refractivity contribution in [2.75, 3.05) is 20.7 Å². The topological polar surface area (TPSA) is 58.5 Å². The molecule has 2 aromatic rings. The van der Waals surface area contributed by atoms with Crippen molar-refractivity contribution >= 4 is 41.3 Å². The van der Waals surface area contributed by atoms with Crippen molar-refractivity contribution in [3.05, 3.63) is 45.9 Å². The van der Waals surface area contributed by atoms with Crippen LogP contribution in [0.1, 0.15) is 29.1 Å². The van der Waals surface area contributed by atoms with E-state index in [4.69, 9.17) is 4.74 Å². The van der Waals surface area contributed by atoms with Gasteiger partial charge >= 0.3 is 0 Å². The summed E-state index contributed by atoms with van der Waals surface area (Å²) < 4.78 is 5.17. The van der Waals surface area contributed by atoms with Crippen molar-refractivity contribution in [2.24, 2.45) is 4.99 Å². The summed E-state index contributed by atoms with van der Waals surface area (Å²) in [5.74, 6) is 1.70. The molecule has 2 rings (SSSR count). The Kier molecular flexibility index (Phi) is 10.5. The van der Waals surface area contributed by atoms with Gasteiger partial charge in [-0.3, -0.25) is 4.99 Å². The van der Waals surface area contributed by atoms with Crippen LogP contribution in [-0.2, 0) is 13.0 Å². The maximum Gasteiger partial charge on any atom is 0.191 e. The number of methoxy groups -OCH3 is 1. The number of aromatic nitrogens is 1. The molecule has 1 aromatic carbocycles. The summed E-state index contributed by atoms with van der Waals surface area (Å²) in [6.07, 6.45) is 3.29. The lowest BCUT2D eigenvalue weighted by molar-refractivity contribution is 0.414. The molecule has 5 nitrogen and oxygen atoms in total. The molecule has 0 saturated carbocycles. The Morgan fingerprint density at radius 3 is 2.56 bits per heavy atom. The average molecular weight is 474 g/mol. The minimum absolute atomic E-state index is 0. The summed E-state index contributed by atoms with van der Waals surface area (Å²) in [5.41, 5.74) is 2.31. The van der Waals surface area contributed by atoms with E-state index in [-0.39, 0.29) is 24.0 Å². The molecule has 0 aliphatic rings. The first kappa shape index (κ1) is 21.7. The van der Waals surface area contributed by atoms with Gasteiger partial charge in [-0.05, 0) is 43.9 Å². The maximum atomic E-state index is 5.17. The van der Waals surface area contributed by atoms with Crippen LogP contribution in [0.2, 0.25) is 0 Å². The van der Waals surface area contributed by atoms with Gasteiger partial charge in [0, 0.05) is 31.2 Å². The van der Waals surface area contributed by atoms with E-state index in [1.54, 1.807) is 25.5 Å². The highest BCUT2D eigenvalue weighted by molar-refractivity contribution is 14.0. The molecule has 0 unspecified atom stereocenters. The van der Waals surface area contributed by atoms with E-state index in [0.29, 0.717) is 0 Å². The second kappa shape index (κ2) is 12.1. The standard InChI is InChI=1S/C18H26N4OS.HI/c1-14-13-24-17(22-14)6-4-5-11-20-18(19-2)21-12-15-7-9-16(23-3)10-8-15;/h7-10,13H,4-6,11-12H2,1-3H3,(H2,19,20,21);1H. The molecule has 1 heterocycles. The van der Waals surface area contributed by atoms with E-state index in [1.165, 1.54) is 10.6 Å². The third kappa shape index (κ3) is 8.04. The number of hydrogen-bond acceptors (Lipinski definition) is 4. The van der Waals surface area contributed by atoms with Crippen LogP contribution in [0.4, 0.5) is 0 Å². The van der Waals surface area contributed by atoms with Gasteiger partial charge in [0.05, 0.1) is 12.1 Å². The zero-order valence-electron chi connectivity index (χ0n) is 15.0. The van der Waals surface area contributed by atoms with E-state index in [1.807, 2.05) is 19.1 Å². The number of nitrogens with zero attached hydrogens (tertiary/aromatic N) is 2. The Morgan fingerprint density at radius 2 is 1.96 bits per heavy atom. The van der Waals surface area contributed by atoms with Crippen molar-refractivity contribution in [1.82, 2.24) is 15.6 Å². The highest BCUT2D eigenvalue weighted by atomic mass is 127. The van der Waals surface area contributed by atoms with E-state index in [9.17, 15) is 0 Å². The third-order valence-corrected chi connectivity index (χ3v) is 4.65. The molecule has 2 N–H and O–H groups in total. The van der Waals surface area contributed by atoms with Gasteiger partial charge < -0.3 is 15.4 Å². The number of aliphatic imine (C=N–C) groups is 1. The number of unbranched alkanes of at least 4 members (excludes halogenated alkanes) is 1. The lowest BCUT2D eigenvalue weighted by Crippen LogP contribution is -2.37. The van der Waals surface area contributed by atoms with Crippen LogP contribution in [0.5, 0.6) is 5.75 Å². The molecule has 0 aliphatic carbocycles. The smallest absolute Gasteiger partial charge is 0.191 e. The zero-order chi connectivity index (χ0) is 17.2. The third-order valence-electron chi connectivity index (χ3n) is 3.62. The first-order valence-electron chi connectivity index (χ1n) is 8.19. The van der Waals surface area contributed by atoms with Gasteiger partial charge in [-0.1, -0.05) is 12.1 Å². The van der Waals surface area contributed by atoms with Gasteiger partial charge in [-0.25, -0.2) is 4.98 Å². The highest BCUT2D eigenvalue weighted by Crippen LogP contribution is 2.12. The number of halogens is 1. The van der Waals surface area contributed by atoms with Crippen molar-refractivity contribution in [1.29, 1.82) is 0 Å². The van der Waals surface area contributed by atoms with Crippen LogP contribution in [-0.4, -0.2) is 31.6 Å². The fraction of sp³-hybridized carbons (Fsp3) is 0.444. The Hall–Kier alpha value is -1.35. The van der Waals surface area contributed by atoms with E-state index >= 15 is 0 Å². The minimum Gasteiger partial charge on any atom is -0.497 e. The molecule has 0 amide bonds. The quantitative estimate of drug-likeness (QED) is 0.265. The molecule has 138 valence electrons. The maximum absolute atomic E-state index is 5.17. The van der Waals surface area contributed by atoms with Crippen LogP contribution in [0.25, 0.3) is 0 Å². The lowest BCUT2D eigenvalue weighted by atomic mass is 10.2. The number of benzene rings is 1. The van der Waals surface area contributed by atoms with Gasteiger partial charge in [0.2, 0.25) is 0 Å². The summed E-state index contributed by atoms with van der Waals surface area (Å²) in [6, 6.07) is 8.03. The zero-order valence-corrected chi connectivity index (χ0v) is 18.2. The monoisotopic (exact) mass is 474 g/mol. The van der Waals surface area contributed by atoms with Crippen molar-refractivity contribution in [2.45, 2.75) is 32.7 Å². The van der Waals surface area contributed by atoms with Crippen LogP contribution >= 0.6 is 35.3 Å². The normalized spacial score (nSPS) is 10.9. The van der Waals surface area contributed by atoms with Crippen molar-refractivity contribution < 1.29 is 4.74 Å². The SMILES string of the molecule is CN=C(NCCCCc1nc(C)cs1)NCc1ccc(OC)cc1.I. The van der Waals surface area contributed by atoms with Gasteiger partial charge in [-0.15, -0.1) is 35.3 Å². The molecule has 0 aliphatic heterocycles. The van der Waals surface area contributed by atoms with E-state index in [2.05, 4.69) is 38.1 Å². The van der Waals surface area contributed by atoms with Crippen LogP contribution < -0.4 is 15.4 Å². The average Bonchev–Trinajstić information content (AvgIpc) is 3.03. The number of rotatable bonds is 8. The van der Waals surface area contributed by atoms with Gasteiger partial charge in [0.15, 0.2) is 5.96 Å². The fourth-order valence-electron chi connectivity index (χ4n) is 2.28. The van der Waals surface area contributed by atoms with Crippen molar-refractivity contribution in [3.63, 3.8) is 0 Å². The molecule has 0 atom stereocenters. The first-order valence-corrected chi connectivity index (χ1v) is 9.07. The predicted octanol–water partition coefficient (Wildman–Crippen LogP) is 3.77. The Labute approximate surface area is 171 Å². The number of ether oxygens (including phenoxy) is 1. The van der Waals surface area contributed by atoms with E-state index < -0.39 is 0 Å². The largest absolute Gasteiger partial charge is 0.497 e. The number of aryl methyl sites for hydroxylation is 2. The van der Waals surface area contributed by atoms with E-state index in [0.717, 1.165) is 49.8 Å². The number of guanidine groups is 1. The molecular formula is C18H27IN4OS. The molecule has 1 aromatic heterocycles. The van der Waals surface area contributed by atoms with Crippen LogP contribution in [0.3, 0.4) is 0 Å². The minimum atomic E-state index is 0. The first-order chi connectivity index (χ1) is 11.7. The summed E-state index contributed by atoms with van der Waals surface area (Å²) in [4.78, 5) is 8.74. The van der Waals surface area contributed by atoms with Crippen LogP contribution in [0, 0.1) is 6.92 Å².